The van der Waals surface area contributed by atoms with E-state index in [1.54, 1.807) is 24.3 Å². The fraction of sp³-hybridized carbons (Fsp3) is 0.350. The van der Waals surface area contributed by atoms with Gasteiger partial charge < -0.3 is 10.1 Å². The molecule has 1 unspecified atom stereocenters. The van der Waals surface area contributed by atoms with Gasteiger partial charge in [-0.2, -0.15) is 5.26 Å². The van der Waals surface area contributed by atoms with Crippen molar-refractivity contribution in [2.45, 2.75) is 38.2 Å². The monoisotopic (exact) mass is 402 g/mol. The average molecular weight is 403 g/mol. The Morgan fingerprint density at radius 3 is 2.81 bits per heavy atom. The molecule has 1 aromatic heterocycles. The van der Waals surface area contributed by atoms with Crippen molar-refractivity contribution in [3.05, 3.63) is 51.9 Å². The summed E-state index contributed by atoms with van der Waals surface area (Å²) in [7, 11) is 0. The number of ether oxygens (including phenoxy) is 1. The van der Waals surface area contributed by atoms with Crippen LogP contribution in [0.25, 0.3) is 0 Å². The van der Waals surface area contributed by atoms with Crippen molar-refractivity contribution in [2.24, 2.45) is 0 Å². The second-order valence-electron chi connectivity index (χ2n) is 6.30. The predicted octanol–water partition coefficient (Wildman–Crippen LogP) is 4.29. The molecule has 0 saturated heterocycles. The number of hydrogen-bond acceptors (Lipinski definition) is 5. The van der Waals surface area contributed by atoms with Crippen LogP contribution in [-0.2, 0) is 22.4 Å². The lowest BCUT2D eigenvalue weighted by Crippen LogP contribution is -2.25. The molecule has 3 rings (SSSR count). The molecule has 1 aliphatic carbocycles. The number of benzene rings is 1. The molecule has 1 aromatic carbocycles. The maximum absolute atomic E-state index is 12.3. The number of rotatable bonds is 6. The Morgan fingerprint density at radius 2 is 2.11 bits per heavy atom. The van der Waals surface area contributed by atoms with Crippen molar-refractivity contribution in [3.8, 4) is 6.07 Å². The van der Waals surface area contributed by atoms with Gasteiger partial charge in [0, 0.05) is 23.6 Å². The van der Waals surface area contributed by atoms with Gasteiger partial charge >= 0.3 is 5.97 Å². The maximum Gasteiger partial charge on any atom is 0.338 e. The number of alkyl halides is 1. The number of fused-ring (bicyclic) bond motifs is 1. The van der Waals surface area contributed by atoms with Crippen LogP contribution in [-0.4, -0.2) is 23.9 Å². The Morgan fingerprint density at radius 1 is 1.33 bits per heavy atom. The SMILES string of the molecule is N#Cc1c(NC(=O)CCCCl)sc2c1CCC(OC(=O)c1ccccc1)C2. The molecule has 2 aromatic rings. The van der Waals surface area contributed by atoms with Crippen LogP contribution in [0.5, 0.6) is 0 Å². The summed E-state index contributed by atoms with van der Waals surface area (Å²) in [5.41, 5.74) is 2.02. The molecule has 0 fully saturated rings. The average Bonchev–Trinajstić information content (AvgIpc) is 3.03. The first-order valence-corrected chi connectivity index (χ1v) is 10.1. The summed E-state index contributed by atoms with van der Waals surface area (Å²) in [5.74, 6) is -0.0537. The molecule has 1 atom stereocenters. The van der Waals surface area contributed by atoms with Crippen LogP contribution < -0.4 is 5.32 Å². The highest BCUT2D eigenvalue weighted by Gasteiger charge is 2.28. The molecule has 1 heterocycles. The molecule has 0 radical (unpaired) electrons. The van der Waals surface area contributed by atoms with Gasteiger partial charge in [0.15, 0.2) is 0 Å². The van der Waals surface area contributed by atoms with Crippen molar-refractivity contribution in [1.29, 1.82) is 5.26 Å². The molecule has 27 heavy (non-hydrogen) atoms. The van der Waals surface area contributed by atoms with E-state index in [2.05, 4.69) is 11.4 Å². The summed E-state index contributed by atoms with van der Waals surface area (Å²) < 4.78 is 5.63. The summed E-state index contributed by atoms with van der Waals surface area (Å²) in [6.07, 6.45) is 2.57. The van der Waals surface area contributed by atoms with Gasteiger partial charge in [-0.15, -0.1) is 22.9 Å². The fourth-order valence-corrected chi connectivity index (χ4v) is 4.49. The number of nitrogens with zero attached hydrogens (tertiary/aromatic N) is 1. The van der Waals surface area contributed by atoms with Gasteiger partial charge in [0.05, 0.1) is 11.1 Å². The van der Waals surface area contributed by atoms with Gasteiger partial charge in [0.1, 0.15) is 17.2 Å². The van der Waals surface area contributed by atoms with Crippen molar-refractivity contribution in [2.75, 3.05) is 11.2 Å². The molecule has 5 nitrogen and oxygen atoms in total. The Balaban J connectivity index is 1.69. The van der Waals surface area contributed by atoms with Crippen molar-refractivity contribution in [3.63, 3.8) is 0 Å². The normalized spacial score (nSPS) is 15.5. The molecule has 0 spiro atoms. The third-order valence-electron chi connectivity index (χ3n) is 4.41. The minimum atomic E-state index is -0.337. The van der Waals surface area contributed by atoms with E-state index in [1.807, 2.05) is 6.07 Å². The molecule has 1 amide bonds. The van der Waals surface area contributed by atoms with Crippen LogP contribution in [0.3, 0.4) is 0 Å². The molecule has 0 bridgehead atoms. The molecular weight excluding hydrogens is 384 g/mol. The maximum atomic E-state index is 12.3. The Labute approximate surface area is 166 Å². The topological polar surface area (TPSA) is 79.2 Å². The van der Waals surface area contributed by atoms with E-state index in [-0.39, 0.29) is 18.0 Å². The lowest BCUT2D eigenvalue weighted by atomic mass is 9.93. The summed E-state index contributed by atoms with van der Waals surface area (Å²) >= 11 is 7.02. The molecule has 0 saturated carbocycles. The van der Waals surface area contributed by atoms with Crippen LogP contribution >= 0.6 is 22.9 Å². The van der Waals surface area contributed by atoms with Crippen LogP contribution in [0, 0.1) is 11.3 Å². The van der Waals surface area contributed by atoms with Crippen LogP contribution in [0.4, 0.5) is 5.00 Å². The molecule has 7 heteroatoms. The first-order valence-electron chi connectivity index (χ1n) is 8.79. The second-order valence-corrected chi connectivity index (χ2v) is 7.78. The Hall–Kier alpha value is -2.36. The highest BCUT2D eigenvalue weighted by Crippen LogP contribution is 2.38. The highest BCUT2D eigenvalue weighted by atomic mass is 35.5. The smallest absolute Gasteiger partial charge is 0.338 e. The van der Waals surface area contributed by atoms with Gasteiger partial charge in [-0.3, -0.25) is 4.79 Å². The molecule has 0 aliphatic heterocycles. The van der Waals surface area contributed by atoms with Crippen molar-refractivity contribution >= 4 is 39.8 Å². The number of halogens is 1. The third kappa shape index (κ3) is 4.68. The Kier molecular flexibility index (Phi) is 6.49. The molecule has 1 N–H and O–H groups in total. The summed E-state index contributed by atoms with van der Waals surface area (Å²) in [6, 6.07) is 11.1. The largest absolute Gasteiger partial charge is 0.458 e. The minimum Gasteiger partial charge on any atom is -0.458 e. The zero-order chi connectivity index (χ0) is 19.2. The van der Waals surface area contributed by atoms with E-state index in [0.717, 1.165) is 10.4 Å². The highest BCUT2D eigenvalue weighted by molar-refractivity contribution is 7.16. The van der Waals surface area contributed by atoms with Gasteiger partial charge in [0.2, 0.25) is 5.91 Å². The quantitative estimate of drug-likeness (QED) is 0.577. The number of amides is 1. The summed E-state index contributed by atoms with van der Waals surface area (Å²) in [4.78, 5) is 25.2. The van der Waals surface area contributed by atoms with Crippen molar-refractivity contribution < 1.29 is 14.3 Å². The second kappa shape index (κ2) is 9.03. The van der Waals surface area contributed by atoms with E-state index >= 15 is 0 Å². The number of carbonyl (C=O) groups is 2. The fourth-order valence-electron chi connectivity index (χ4n) is 3.07. The molecule has 1 aliphatic rings. The number of carbonyl (C=O) groups excluding carboxylic acids is 2. The van der Waals surface area contributed by atoms with Crippen molar-refractivity contribution in [1.82, 2.24) is 0 Å². The third-order valence-corrected chi connectivity index (χ3v) is 5.84. The lowest BCUT2D eigenvalue weighted by molar-refractivity contribution is -0.116. The first-order chi connectivity index (χ1) is 13.1. The van der Waals surface area contributed by atoms with Gasteiger partial charge in [0.25, 0.3) is 0 Å². The van der Waals surface area contributed by atoms with Crippen LogP contribution in [0.15, 0.2) is 30.3 Å². The van der Waals surface area contributed by atoms with E-state index in [9.17, 15) is 14.9 Å². The van der Waals surface area contributed by atoms with Crippen LogP contribution in [0.2, 0.25) is 0 Å². The first kappa shape index (κ1) is 19.4. The number of anilines is 1. The van der Waals surface area contributed by atoms with E-state index < -0.39 is 0 Å². The molecular formula is C20H19ClN2O3S. The standard InChI is InChI=1S/C20H19ClN2O3S/c21-10-4-7-18(24)23-19-16(12-22)15-9-8-14(11-17(15)27-19)26-20(25)13-5-2-1-3-6-13/h1-3,5-6,14H,4,7-11H2,(H,23,24). The number of thiophene rings is 1. The van der Waals surface area contributed by atoms with Gasteiger partial charge in [-0.05, 0) is 37.0 Å². The Bertz CT molecular complexity index is 873. The zero-order valence-corrected chi connectivity index (χ0v) is 16.2. The zero-order valence-electron chi connectivity index (χ0n) is 14.7. The van der Waals surface area contributed by atoms with E-state index in [4.69, 9.17) is 16.3 Å². The van der Waals surface area contributed by atoms with E-state index in [1.165, 1.54) is 11.3 Å². The van der Waals surface area contributed by atoms with E-state index in [0.29, 0.717) is 54.1 Å². The number of hydrogen-bond donors (Lipinski definition) is 1. The predicted molar refractivity (Wildman–Crippen MR) is 105 cm³/mol. The lowest BCUT2D eigenvalue weighted by Gasteiger charge is -2.22. The number of nitrogens with one attached hydrogen (secondary N) is 1. The molecule has 140 valence electrons. The minimum absolute atomic E-state index is 0.141. The van der Waals surface area contributed by atoms with Gasteiger partial charge in [-0.25, -0.2) is 4.79 Å². The summed E-state index contributed by atoms with van der Waals surface area (Å²) in [5, 5.41) is 12.9. The number of nitriles is 1. The van der Waals surface area contributed by atoms with Gasteiger partial charge in [-0.1, -0.05) is 18.2 Å². The van der Waals surface area contributed by atoms with Crippen LogP contribution in [0.1, 0.15) is 45.6 Å². The number of esters is 1. The summed E-state index contributed by atoms with van der Waals surface area (Å²) in [6.45, 7) is 0.